The van der Waals surface area contributed by atoms with Gasteiger partial charge in [-0.25, -0.2) is 0 Å². The number of carbonyl (C=O) groups excluding carboxylic acids is 1. The SMILES string of the molecule is CN(C)CC1(O)CCN(C(=O)c2cccc3nccnc23)C1. The molecule has 0 aliphatic carbocycles. The topological polar surface area (TPSA) is 69.6 Å². The van der Waals surface area contributed by atoms with Crippen LogP contribution in [0.1, 0.15) is 16.8 Å². The van der Waals surface area contributed by atoms with Crippen LogP contribution in [0.15, 0.2) is 30.6 Å². The molecule has 116 valence electrons. The van der Waals surface area contributed by atoms with Crippen molar-refractivity contribution in [3.8, 4) is 0 Å². The van der Waals surface area contributed by atoms with Crippen LogP contribution >= 0.6 is 0 Å². The molecular weight excluding hydrogens is 280 g/mol. The zero-order valence-electron chi connectivity index (χ0n) is 12.9. The summed E-state index contributed by atoms with van der Waals surface area (Å²) in [4.78, 5) is 24.9. The Bertz CT molecular complexity index is 698. The van der Waals surface area contributed by atoms with Gasteiger partial charge in [0.05, 0.1) is 23.2 Å². The molecule has 0 spiro atoms. The summed E-state index contributed by atoms with van der Waals surface area (Å²) < 4.78 is 0. The number of hydrogen-bond acceptors (Lipinski definition) is 5. The first-order valence-electron chi connectivity index (χ1n) is 7.35. The van der Waals surface area contributed by atoms with Crippen molar-refractivity contribution in [1.82, 2.24) is 19.8 Å². The largest absolute Gasteiger partial charge is 0.387 e. The van der Waals surface area contributed by atoms with Crippen molar-refractivity contribution < 1.29 is 9.90 Å². The smallest absolute Gasteiger partial charge is 0.256 e. The standard InChI is InChI=1S/C16H20N4O2/c1-19(2)10-16(22)6-9-20(11-16)15(21)12-4-3-5-13-14(12)18-8-7-17-13/h3-5,7-8,22H,6,9-11H2,1-2H3. The molecule has 6 nitrogen and oxygen atoms in total. The Labute approximate surface area is 129 Å². The van der Waals surface area contributed by atoms with Gasteiger partial charge in [0.25, 0.3) is 5.91 Å². The fraction of sp³-hybridized carbons (Fsp3) is 0.438. The van der Waals surface area contributed by atoms with Gasteiger partial charge in [-0.05, 0) is 32.6 Å². The summed E-state index contributed by atoms with van der Waals surface area (Å²) in [5.74, 6) is -0.0965. The molecule has 3 rings (SSSR count). The molecule has 1 aliphatic heterocycles. The summed E-state index contributed by atoms with van der Waals surface area (Å²) in [6.07, 6.45) is 3.79. The second kappa shape index (κ2) is 5.62. The van der Waals surface area contributed by atoms with Crippen LogP contribution in [0.5, 0.6) is 0 Å². The molecular formula is C16H20N4O2. The molecule has 0 saturated carbocycles. The van der Waals surface area contributed by atoms with E-state index >= 15 is 0 Å². The lowest BCUT2D eigenvalue weighted by Crippen LogP contribution is -2.43. The second-order valence-corrected chi connectivity index (χ2v) is 6.17. The summed E-state index contributed by atoms with van der Waals surface area (Å²) in [5.41, 5.74) is 1.02. The number of carbonyl (C=O) groups is 1. The number of nitrogens with zero attached hydrogens (tertiary/aromatic N) is 4. The van der Waals surface area contributed by atoms with Gasteiger partial charge in [-0.3, -0.25) is 14.8 Å². The maximum Gasteiger partial charge on any atom is 0.256 e. The lowest BCUT2D eigenvalue weighted by atomic mass is 10.0. The minimum atomic E-state index is -0.838. The van der Waals surface area contributed by atoms with Crippen LogP contribution in [-0.4, -0.2) is 70.1 Å². The lowest BCUT2D eigenvalue weighted by Gasteiger charge is -2.26. The highest BCUT2D eigenvalue weighted by Gasteiger charge is 2.39. The summed E-state index contributed by atoms with van der Waals surface area (Å²) in [6, 6.07) is 5.42. The molecule has 1 aromatic carbocycles. The molecule has 1 saturated heterocycles. The normalized spacial score (nSPS) is 21.7. The average molecular weight is 300 g/mol. The van der Waals surface area contributed by atoms with E-state index in [-0.39, 0.29) is 5.91 Å². The van der Waals surface area contributed by atoms with Gasteiger partial charge in [0.15, 0.2) is 0 Å². The summed E-state index contributed by atoms with van der Waals surface area (Å²) in [7, 11) is 3.84. The number of rotatable bonds is 3. The van der Waals surface area contributed by atoms with E-state index in [4.69, 9.17) is 0 Å². The van der Waals surface area contributed by atoms with Crippen molar-refractivity contribution in [2.45, 2.75) is 12.0 Å². The molecule has 0 bridgehead atoms. The third kappa shape index (κ3) is 2.80. The van der Waals surface area contributed by atoms with Gasteiger partial charge in [0.2, 0.25) is 0 Å². The predicted molar refractivity (Wildman–Crippen MR) is 83.6 cm³/mol. The molecule has 1 amide bonds. The number of likely N-dealkylation sites (tertiary alicyclic amines) is 1. The number of benzene rings is 1. The van der Waals surface area contributed by atoms with Crippen LogP contribution in [0.25, 0.3) is 11.0 Å². The first kappa shape index (κ1) is 14.9. The van der Waals surface area contributed by atoms with E-state index < -0.39 is 5.60 Å². The van der Waals surface area contributed by atoms with Crippen molar-refractivity contribution in [3.63, 3.8) is 0 Å². The summed E-state index contributed by atoms with van der Waals surface area (Å²) in [6.45, 7) is 1.45. The predicted octanol–water partition coefficient (Wildman–Crippen LogP) is 0.768. The third-order valence-corrected chi connectivity index (χ3v) is 3.96. The third-order valence-electron chi connectivity index (χ3n) is 3.96. The number of para-hydroxylation sites is 1. The molecule has 1 atom stereocenters. The molecule has 22 heavy (non-hydrogen) atoms. The first-order valence-corrected chi connectivity index (χ1v) is 7.35. The molecule has 1 N–H and O–H groups in total. The number of aromatic nitrogens is 2. The van der Waals surface area contributed by atoms with Crippen molar-refractivity contribution in [1.29, 1.82) is 0 Å². The molecule has 1 unspecified atom stereocenters. The van der Waals surface area contributed by atoms with E-state index in [2.05, 4.69) is 9.97 Å². The quantitative estimate of drug-likeness (QED) is 0.906. The first-order chi connectivity index (χ1) is 10.5. The number of likely N-dealkylation sites (N-methyl/N-ethyl adjacent to an activating group) is 1. The molecule has 1 fully saturated rings. The lowest BCUT2D eigenvalue weighted by molar-refractivity contribution is 0.0236. The van der Waals surface area contributed by atoms with Gasteiger partial charge >= 0.3 is 0 Å². The van der Waals surface area contributed by atoms with E-state index in [1.54, 1.807) is 23.4 Å². The van der Waals surface area contributed by atoms with Crippen molar-refractivity contribution >= 4 is 16.9 Å². The Morgan fingerprint density at radius 3 is 2.91 bits per heavy atom. The Morgan fingerprint density at radius 2 is 2.14 bits per heavy atom. The van der Waals surface area contributed by atoms with Crippen LogP contribution < -0.4 is 0 Å². The zero-order chi connectivity index (χ0) is 15.7. The number of β-amino-alcohol motifs (C(OH)–C–C–N with tert-alkyl or cyclic N) is 1. The zero-order valence-corrected chi connectivity index (χ0v) is 12.9. The molecule has 6 heteroatoms. The highest BCUT2D eigenvalue weighted by Crippen LogP contribution is 2.25. The van der Waals surface area contributed by atoms with Gasteiger partial charge in [-0.15, -0.1) is 0 Å². The van der Waals surface area contributed by atoms with E-state index in [0.29, 0.717) is 42.7 Å². The molecule has 0 radical (unpaired) electrons. The van der Waals surface area contributed by atoms with E-state index in [0.717, 1.165) is 0 Å². The molecule has 1 aromatic heterocycles. The van der Waals surface area contributed by atoms with Crippen molar-refractivity contribution in [2.24, 2.45) is 0 Å². The fourth-order valence-corrected chi connectivity index (χ4v) is 3.08. The summed E-state index contributed by atoms with van der Waals surface area (Å²) >= 11 is 0. The summed E-state index contributed by atoms with van der Waals surface area (Å²) in [5, 5.41) is 10.6. The number of hydrogen-bond donors (Lipinski definition) is 1. The Balaban J connectivity index is 1.85. The van der Waals surface area contributed by atoms with Gasteiger partial charge in [-0.2, -0.15) is 0 Å². The molecule has 2 heterocycles. The monoisotopic (exact) mass is 300 g/mol. The van der Waals surface area contributed by atoms with Crippen molar-refractivity contribution in [3.05, 3.63) is 36.2 Å². The minimum Gasteiger partial charge on any atom is -0.387 e. The van der Waals surface area contributed by atoms with E-state index in [9.17, 15) is 9.90 Å². The van der Waals surface area contributed by atoms with E-state index in [1.807, 2.05) is 31.1 Å². The maximum atomic E-state index is 12.8. The van der Waals surface area contributed by atoms with Gasteiger partial charge < -0.3 is 14.9 Å². The highest BCUT2D eigenvalue weighted by atomic mass is 16.3. The molecule has 1 aliphatic rings. The van der Waals surface area contributed by atoms with Crippen molar-refractivity contribution in [2.75, 3.05) is 33.7 Å². The Kier molecular flexibility index (Phi) is 3.80. The maximum absolute atomic E-state index is 12.8. The van der Waals surface area contributed by atoms with Gasteiger partial charge in [-0.1, -0.05) is 6.07 Å². The Hall–Kier alpha value is -2.05. The average Bonchev–Trinajstić information content (AvgIpc) is 2.87. The van der Waals surface area contributed by atoms with Crippen LogP contribution in [0, 0.1) is 0 Å². The van der Waals surface area contributed by atoms with Gasteiger partial charge in [0, 0.05) is 25.5 Å². The van der Waals surface area contributed by atoms with Crippen LogP contribution in [0.4, 0.5) is 0 Å². The van der Waals surface area contributed by atoms with E-state index in [1.165, 1.54) is 0 Å². The fourth-order valence-electron chi connectivity index (χ4n) is 3.08. The minimum absolute atomic E-state index is 0.0965. The second-order valence-electron chi connectivity index (χ2n) is 6.17. The highest BCUT2D eigenvalue weighted by molar-refractivity contribution is 6.04. The van der Waals surface area contributed by atoms with Crippen LogP contribution in [-0.2, 0) is 0 Å². The number of aliphatic hydroxyl groups is 1. The molecule has 2 aromatic rings. The Morgan fingerprint density at radius 1 is 1.36 bits per heavy atom. The van der Waals surface area contributed by atoms with Crippen LogP contribution in [0.2, 0.25) is 0 Å². The van der Waals surface area contributed by atoms with Crippen LogP contribution in [0.3, 0.4) is 0 Å². The van der Waals surface area contributed by atoms with Gasteiger partial charge in [0.1, 0.15) is 5.52 Å². The number of amides is 1. The number of fused-ring (bicyclic) bond motifs is 1.